The maximum atomic E-state index is 13.6. The minimum atomic E-state index is -3.39. The second kappa shape index (κ2) is 7.97. The number of benzene rings is 2. The fourth-order valence-electron chi connectivity index (χ4n) is 2.19. The average molecular weight is 408 g/mol. The lowest BCUT2D eigenvalue weighted by atomic mass is 10.2. The van der Waals surface area contributed by atoms with Crippen LogP contribution in [0.1, 0.15) is 31.1 Å². The molecule has 0 bridgehead atoms. The summed E-state index contributed by atoms with van der Waals surface area (Å²) in [5, 5.41) is 4.95. The molecule has 0 spiro atoms. The van der Waals surface area contributed by atoms with Crippen LogP contribution in [0.2, 0.25) is 0 Å². The molecule has 0 atom stereocenters. The van der Waals surface area contributed by atoms with Gasteiger partial charge in [0.15, 0.2) is 9.84 Å². The maximum Gasteiger partial charge on any atom is 0.412 e. The number of carbonyl (C=O) groups excluding carboxylic acids is 2. The van der Waals surface area contributed by atoms with Crippen LogP contribution in [-0.4, -0.2) is 32.3 Å². The quantitative estimate of drug-likeness (QED) is 0.801. The predicted molar refractivity (Wildman–Crippen MR) is 104 cm³/mol. The van der Waals surface area contributed by atoms with E-state index < -0.39 is 33.3 Å². The molecule has 0 fully saturated rings. The molecule has 0 aliphatic heterocycles. The van der Waals surface area contributed by atoms with Crippen LogP contribution in [0.5, 0.6) is 0 Å². The SMILES string of the molecule is CC(C)(C)OC(=O)Nc1ccc(F)cc1NC(=O)c1ccc(S(C)(=O)=O)cc1. The second-order valence-corrected chi connectivity index (χ2v) is 9.08. The lowest BCUT2D eigenvalue weighted by Crippen LogP contribution is -2.27. The molecular weight excluding hydrogens is 387 g/mol. The number of hydrogen-bond acceptors (Lipinski definition) is 5. The van der Waals surface area contributed by atoms with Gasteiger partial charge in [0.25, 0.3) is 5.91 Å². The topological polar surface area (TPSA) is 102 Å². The Labute approximate surface area is 162 Å². The van der Waals surface area contributed by atoms with Crippen LogP contribution < -0.4 is 10.6 Å². The standard InChI is InChI=1S/C19H21FN2O5S/c1-19(2,3)27-18(24)22-15-10-7-13(20)11-16(15)21-17(23)12-5-8-14(9-6-12)28(4,25)26/h5-11H,1-4H3,(H,21,23)(H,22,24). The first kappa shape index (κ1) is 21.4. The molecule has 9 heteroatoms. The first-order valence-corrected chi connectivity index (χ1v) is 10.2. The van der Waals surface area contributed by atoms with Crippen LogP contribution in [-0.2, 0) is 14.6 Å². The summed E-state index contributed by atoms with van der Waals surface area (Å²) in [6, 6.07) is 8.75. The lowest BCUT2D eigenvalue weighted by Gasteiger charge is -2.20. The minimum Gasteiger partial charge on any atom is -0.444 e. The third-order valence-corrected chi connectivity index (χ3v) is 4.54. The van der Waals surface area contributed by atoms with Crippen molar-refractivity contribution in [3.63, 3.8) is 0 Å². The van der Waals surface area contributed by atoms with Crippen LogP contribution in [0.15, 0.2) is 47.4 Å². The molecule has 0 saturated carbocycles. The summed E-state index contributed by atoms with van der Waals surface area (Å²) in [5.41, 5.74) is -0.380. The van der Waals surface area contributed by atoms with Gasteiger partial charge in [-0.2, -0.15) is 0 Å². The molecule has 0 aliphatic carbocycles. The van der Waals surface area contributed by atoms with Crippen molar-refractivity contribution < 1.29 is 27.1 Å². The Hall–Kier alpha value is -2.94. The number of ether oxygens (including phenoxy) is 1. The fourth-order valence-corrected chi connectivity index (χ4v) is 2.82. The van der Waals surface area contributed by atoms with Crippen LogP contribution >= 0.6 is 0 Å². The molecule has 28 heavy (non-hydrogen) atoms. The summed E-state index contributed by atoms with van der Waals surface area (Å²) in [4.78, 5) is 24.5. The van der Waals surface area contributed by atoms with Crippen LogP contribution in [0.25, 0.3) is 0 Å². The van der Waals surface area contributed by atoms with E-state index >= 15 is 0 Å². The van der Waals surface area contributed by atoms with Gasteiger partial charge in [-0.1, -0.05) is 0 Å². The molecule has 0 aromatic heterocycles. The van der Waals surface area contributed by atoms with E-state index in [0.29, 0.717) is 0 Å². The van der Waals surface area contributed by atoms with Gasteiger partial charge in [-0.25, -0.2) is 17.6 Å². The minimum absolute atomic E-state index is 0.0306. The smallest absolute Gasteiger partial charge is 0.412 e. The van der Waals surface area contributed by atoms with Crippen LogP contribution in [0, 0.1) is 5.82 Å². The number of nitrogens with one attached hydrogen (secondary N) is 2. The molecule has 150 valence electrons. The van der Waals surface area contributed by atoms with Crippen molar-refractivity contribution >= 4 is 33.2 Å². The molecule has 2 aromatic rings. The third kappa shape index (κ3) is 6.05. The monoisotopic (exact) mass is 408 g/mol. The third-order valence-electron chi connectivity index (χ3n) is 3.41. The molecule has 0 radical (unpaired) electrons. The van der Waals surface area contributed by atoms with Crippen molar-refractivity contribution in [1.29, 1.82) is 0 Å². The van der Waals surface area contributed by atoms with E-state index in [1.807, 2.05) is 0 Å². The molecule has 0 saturated heterocycles. The highest BCUT2D eigenvalue weighted by Gasteiger charge is 2.18. The second-order valence-electron chi connectivity index (χ2n) is 7.07. The van der Waals surface area contributed by atoms with E-state index in [2.05, 4.69) is 10.6 Å². The highest BCUT2D eigenvalue weighted by atomic mass is 32.2. The van der Waals surface area contributed by atoms with Gasteiger partial charge in [-0.15, -0.1) is 0 Å². The highest BCUT2D eigenvalue weighted by Crippen LogP contribution is 2.24. The Morgan fingerprint density at radius 1 is 0.964 bits per heavy atom. The fraction of sp³-hybridized carbons (Fsp3) is 0.263. The van der Waals surface area contributed by atoms with Gasteiger partial charge >= 0.3 is 6.09 Å². The molecule has 0 unspecified atom stereocenters. The Morgan fingerprint density at radius 2 is 1.57 bits per heavy atom. The van der Waals surface area contributed by atoms with Crippen molar-refractivity contribution in [2.45, 2.75) is 31.3 Å². The van der Waals surface area contributed by atoms with Crippen LogP contribution in [0.4, 0.5) is 20.6 Å². The Bertz CT molecular complexity index is 996. The number of sulfone groups is 1. The highest BCUT2D eigenvalue weighted by molar-refractivity contribution is 7.90. The van der Waals surface area contributed by atoms with E-state index in [1.165, 1.54) is 30.3 Å². The van der Waals surface area contributed by atoms with Gasteiger partial charge in [0.2, 0.25) is 0 Å². The normalized spacial score (nSPS) is 11.6. The van der Waals surface area contributed by atoms with Crippen molar-refractivity contribution in [2.24, 2.45) is 0 Å². The van der Waals surface area contributed by atoms with Crippen molar-refractivity contribution in [2.75, 3.05) is 16.9 Å². The van der Waals surface area contributed by atoms with Gasteiger partial charge in [0.1, 0.15) is 11.4 Å². The average Bonchev–Trinajstić information content (AvgIpc) is 2.55. The summed E-state index contributed by atoms with van der Waals surface area (Å²) in [6.45, 7) is 5.08. The summed E-state index contributed by atoms with van der Waals surface area (Å²) < 4.78 is 41.8. The largest absolute Gasteiger partial charge is 0.444 e. The molecule has 2 amide bonds. The lowest BCUT2D eigenvalue weighted by molar-refractivity contribution is 0.0635. The zero-order valence-electron chi connectivity index (χ0n) is 15.9. The maximum absolute atomic E-state index is 13.6. The van der Waals surface area contributed by atoms with Gasteiger partial charge in [-0.3, -0.25) is 10.1 Å². The van der Waals surface area contributed by atoms with Crippen molar-refractivity contribution in [3.8, 4) is 0 Å². The number of hydrogen-bond donors (Lipinski definition) is 2. The van der Waals surface area contributed by atoms with Crippen LogP contribution in [0.3, 0.4) is 0 Å². The van der Waals surface area contributed by atoms with E-state index in [4.69, 9.17) is 4.74 Å². The Kier molecular flexibility index (Phi) is 6.08. The zero-order chi connectivity index (χ0) is 21.1. The molecule has 0 heterocycles. The number of rotatable bonds is 4. The molecule has 7 nitrogen and oxygen atoms in total. The first-order chi connectivity index (χ1) is 12.8. The number of amides is 2. The van der Waals surface area contributed by atoms with Crippen molar-refractivity contribution in [1.82, 2.24) is 0 Å². The van der Waals surface area contributed by atoms with E-state index in [9.17, 15) is 22.4 Å². The molecule has 2 rings (SSSR count). The summed E-state index contributed by atoms with van der Waals surface area (Å²) in [7, 11) is -3.39. The Morgan fingerprint density at radius 3 is 2.11 bits per heavy atom. The van der Waals surface area contributed by atoms with Gasteiger partial charge in [0, 0.05) is 11.8 Å². The summed E-state index contributed by atoms with van der Waals surface area (Å²) in [5.74, 6) is -1.21. The molecule has 0 aliphatic rings. The number of carbonyl (C=O) groups is 2. The number of halogens is 1. The molecular formula is C19H21FN2O5S. The first-order valence-electron chi connectivity index (χ1n) is 8.26. The molecule has 2 N–H and O–H groups in total. The van der Waals surface area contributed by atoms with E-state index in [0.717, 1.165) is 18.4 Å². The van der Waals surface area contributed by atoms with Gasteiger partial charge < -0.3 is 10.1 Å². The van der Waals surface area contributed by atoms with Gasteiger partial charge in [0.05, 0.1) is 16.3 Å². The molecule has 2 aromatic carbocycles. The predicted octanol–water partition coefficient (Wildman–Crippen LogP) is 3.83. The van der Waals surface area contributed by atoms with E-state index in [1.54, 1.807) is 20.8 Å². The van der Waals surface area contributed by atoms with Crippen molar-refractivity contribution in [3.05, 3.63) is 53.8 Å². The zero-order valence-corrected chi connectivity index (χ0v) is 16.7. The Balaban J connectivity index is 2.22. The number of anilines is 2. The van der Waals surface area contributed by atoms with E-state index in [-0.39, 0.29) is 21.8 Å². The summed E-state index contributed by atoms with van der Waals surface area (Å²) in [6.07, 6.45) is 0.302. The summed E-state index contributed by atoms with van der Waals surface area (Å²) >= 11 is 0. The van der Waals surface area contributed by atoms with Gasteiger partial charge in [-0.05, 0) is 63.2 Å².